The molecule has 0 radical (unpaired) electrons. The zero-order valence-corrected chi connectivity index (χ0v) is 23.8. The van der Waals surface area contributed by atoms with E-state index in [1.165, 1.54) is 4.90 Å². The summed E-state index contributed by atoms with van der Waals surface area (Å²) in [7, 11) is -4.88. The zero-order chi connectivity index (χ0) is 27.3. The highest BCUT2D eigenvalue weighted by atomic mass is 35.5. The fourth-order valence-electron chi connectivity index (χ4n) is 3.97. The third-order valence-corrected chi connectivity index (χ3v) is 7.63. The van der Waals surface area contributed by atoms with Gasteiger partial charge < -0.3 is 24.3 Å². The molecule has 0 amide bonds. The summed E-state index contributed by atoms with van der Waals surface area (Å²) in [6.45, 7) is 0.532. The fraction of sp³-hybridized carbons (Fsp3) is 0.231. The van der Waals surface area contributed by atoms with Gasteiger partial charge in [0.1, 0.15) is 11.6 Å². The second kappa shape index (κ2) is 13.1. The standard InChI is InChI=1S/C26H25Cl4N2O5P/c27-21-9-6-19(7-10-21)24(36-17-20-8-11-22(28)16-23(20)29)25(30)32-15-14-31(26(32)37-38(33,34)35)13-12-18-4-2-1-3-5-18/h1-11,14-16,24-26H,12-13,17H2,(H2,33,34,35). The number of hydrogen-bond donors (Lipinski definition) is 2. The predicted octanol–water partition coefficient (Wildman–Crippen LogP) is 7.19. The summed E-state index contributed by atoms with van der Waals surface area (Å²) in [5.74, 6) is 0. The van der Waals surface area contributed by atoms with E-state index in [0.29, 0.717) is 39.2 Å². The molecule has 0 saturated heterocycles. The van der Waals surface area contributed by atoms with E-state index in [1.54, 1.807) is 59.8 Å². The van der Waals surface area contributed by atoms with Crippen molar-refractivity contribution in [2.24, 2.45) is 0 Å². The smallest absolute Gasteiger partial charge is 0.365 e. The second-order valence-electron chi connectivity index (χ2n) is 8.53. The van der Waals surface area contributed by atoms with Crippen molar-refractivity contribution in [2.75, 3.05) is 6.54 Å². The molecule has 3 unspecified atom stereocenters. The summed E-state index contributed by atoms with van der Waals surface area (Å²) in [5.41, 5.74) is 1.53. The van der Waals surface area contributed by atoms with E-state index in [-0.39, 0.29) is 6.61 Å². The maximum Gasteiger partial charge on any atom is 0.472 e. The van der Waals surface area contributed by atoms with E-state index >= 15 is 0 Å². The number of nitrogens with zero attached hydrogens (tertiary/aromatic N) is 2. The summed E-state index contributed by atoms with van der Waals surface area (Å²) in [6, 6.07) is 21.8. The van der Waals surface area contributed by atoms with Crippen LogP contribution < -0.4 is 0 Å². The topological polar surface area (TPSA) is 82.5 Å². The highest BCUT2D eigenvalue weighted by molar-refractivity contribution is 7.46. The first kappa shape index (κ1) is 29.2. The predicted molar refractivity (Wildman–Crippen MR) is 150 cm³/mol. The van der Waals surface area contributed by atoms with Crippen molar-refractivity contribution in [1.82, 2.24) is 9.80 Å². The van der Waals surface area contributed by atoms with Gasteiger partial charge >= 0.3 is 7.82 Å². The molecule has 0 aromatic heterocycles. The highest BCUT2D eigenvalue weighted by Crippen LogP contribution is 2.43. The van der Waals surface area contributed by atoms with Crippen LogP contribution in [0.4, 0.5) is 0 Å². The number of alkyl halides is 1. The van der Waals surface area contributed by atoms with Crippen LogP contribution in [-0.2, 0) is 26.9 Å². The first-order valence-corrected chi connectivity index (χ1v) is 14.7. The maximum absolute atomic E-state index is 11.9. The molecule has 0 aliphatic carbocycles. The van der Waals surface area contributed by atoms with Gasteiger partial charge in [-0.1, -0.05) is 94.9 Å². The minimum atomic E-state index is -4.88. The molecule has 3 aromatic carbocycles. The average molecular weight is 618 g/mol. The van der Waals surface area contributed by atoms with E-state index in [0.717, 1.165) is 5.56 Å². The van der Waals surface area contributed by atoms with Crippen LogP contribution in [0.25, 0.3) is 0 Å². The molecule has 3 aromatic rings. The van der Waals surface area contributed by atoms with Crippen LogP contribution >= 0.6 is 54.2 Å². The number of phosphoric ester groups is 1. The minimum Gasteiger partial charge on any atom is -0.365 e. The van der Waals surface area contributed by atoms with Crippen LogP contribution in [-0.4, -0.2) is 38.0 Å². The summed E-state index contributed by atoms with van der Waals surface area (Å²) in [4.78, 5) is 22.5. The van der Waals surface area contributed by atoms with E-state index in [2.05, 4.69) is 0 Å². The Morgan fingerprint density at radius 2 is 1.61 bits per heavy atom. The Morgan fingerprint density at radius 1 is 0.921 bits per heavy atom. The van der Waals surface area contributed by atoms with Crippen molar-refractivity contribution in [1.29, 1.82) is 0 Å². The molecule has 202 valence electrons. The SMILES string of the molecule is O=P(O)(O)OC1N(CCc2ccccc2)C=CN1C(Cl)C(OCc1ccc(Cl)cc1Cl)c1ccc(Cl)cc1. The summed E-state index contributed by atoms with van der Waals surface area (Å²) < 4.78 is 23.3. The van der Waals surface area contributed by atoms with Crippen LogP contribution in [0, 0.1) is 0 Å². The summed E-state index contributed by atoms with van der Waals surface area (Å²) in [6.07, 6.45) is 2.01. The van der Waals surface area contributed by atoms with E-state index in [9.17, 15) is 14.4 Å². The van der Waals surface area contributed by atoms with Crippen LogP contribution in [0.15, 0.2) is 85.2 Å². The molecule has 4 rings (SSSR count). The number of benzene rings is 3. The highest BCUT2D eigenvalue weighted by Gasteiger charge is 2.40. The Balaban J connectivity index is 1.57. The molecule has 0 fully saturated rings. The van der Waals surface area contributed by atoms with Crippen LogP contribution in [0.2, 0.25) is 15.1 Å². The van der Waals surface area contributed by atoms with Gasteiger partial charge in [0.05, 0.1) is 6.61 Å². The van der Waals surface area contributed by atoms with Crippen LogP contribution in [0.3, 0.4) is 0 Å². The second-order valence-corrected chi connectivity index (χ2v) is 11.5. The first-order valence-electron chi connectivity index (χ1n) is 11.6. The average Bonchev–Trinajstić information content (AvgIpc) is 3.26. The zero-order valence-electron chi connectivity index (χ0n) is 19.9. The number of halogens is 4. The van der Waals surface area contributed by atoms with Crippen molar-refractivity contribution >= 4 is 54.2 Å². The molecule has 12 heteroatoms. The van der Waals surface area contributed by atoms with Crippen molar-refractivity contribution in [3.8, 4) is 0 Å². The van der Waals surface area contributed by atoms with Gasteiger partial charge in [-0.05, 0) is 47.4 Å². The monoisotopic (exact) mass is 616 g/mol. The van der Waals surface area contributed by atoms with Crippen molar-refractivity contribution in [3.05, 3.63) is 117 Å². The normalized spacial score (nSPS) is 17.2. The van der Waals surface area contributed by atoms with E-state index in [1.807, 2.05) is 30.3 Å². The lowest BCUT2D eigenvalue weighted by atomic mass is 10.1. The van der Waals surface area contributed by atoms with Gasteiger partial charge in [0.15, 0.2) is 0 Å². The lowest BCUT2D eigenvalue weighted by Gasteiger charge is -2.37. The molecule has 0 bridgehead atoms. The number of rotatable bonds is 11. The Labute approximate surface area is 241 Å². The van der Waals surface area contributed by atoms with Crippen LogP contribution in [0.1, 0.15) is 22.8 Å². The molecule has 3 atom stereocenters. The lowest BCUT2D eigenvalue weighted by Crippen LogP contribution is -2.46. The molecular formula is C26H25Cl4N2O5P. The third-order valence-electron chi connectivity index (χ3n) is 5.87. The Hall–Kier alpha value is -1.77. The van der Waals surface area contributed by atoms with Crippen molar-refractivity contribution in [3.63, 3.8) is 0 Å². The Bertz CT molecular complexity index is 1290. The van der Waals surface area contributed by atoms with Gasteiger partial charge in [0, 0.05) is 34.0 Å². The Morgan fingerprint density at radius 3 is 2.26 bits per heavy atom. The van der Waals surface area contributed by atoms with E-state index in [4.69, 9.17) is 55.7 Å². The molecule has 2 N–H and O–H groups in total. The van der Waals surface area contributed by atoms with Gasteiger partial charge in [-0.3, -0.25) is 0 Å². The van der Waals surface area contributed by atoms with Crippen LogP contribution in [0.5, 0.6) is 0 Å². The molecule has 0 spiro atoms. The lowest BCUT2D eigenvalue weighted by molar-refractivity contribution is -0.0794. The largest absolute Gasteiger partial charge is 0.472 e. The molecule has 1 heterocycles. The van der Waals surface area contributed by atoms with Gasteiger partial charge in [0.2, 0.25) is 6.35 Å². The van der Waals surface area contributed by atoms with Gasteiger partial charge in [-0.15, -0.1) is 0 Å². The molecule has 7 nitrogen and oxygen atoms in total. The fourth-order valence-corrected chi connectivity index (χ4v) is 5.42. The summed E-state index contributed by atoms with van der Waals surface area (Å²) in [5, 5.41) is 1.48. The minimum absolute atomic E-state index is 0.103. The Kier molecular flexibility index (Phi) is 10.0. The molecule has 0 saturated carbocycles. The van der Waals surface area contributed by atoms with Crippen molar-refractivity contribution < 1.29 is 23.6 Å². The van der Waals surface area contributed by atoms with Gasteiger partial charge in [-0.25, -0.2) is 9.09 Å². The summed E-state index contributed by atoms with van der Waals surface area (Å²) >= 11 is 25.4. The number of phosphoric acid groups is 1. The van der Waals surface area contributed by atoms with Gasteiger partial charge in [0.25, 0.3) is 0 Å². The van der Waals surface area contributed by atoms with Crippen molar-refractivity contribution in [2.45, 2.75) is 31.0 Å². The molecule has 1 aliphatic rings. The first-order chi connectivity index (χ1) is 18.1. The molecule has 1 aliphatic heterocycles. The number of hydrogen-bond acceptors (Lipinski definition) is 5. The quantitative estimate of drug-likeness (QED) is 0.134. The number of ether oxygens (including phenoxy) is 1. The van der Waals surface area contributed by atoms with E-state index < -0.39 is 25.8 Å². The molecular weight excluding hydrogens is 593 g/mol. The van der Waals surface area contributed by atoms with Gasteiger partial charge in [-0.2, -0.15) is 0 Å². The molecule has 38 heavy (non-hydrogen) atoms. The third kappa shape index (κ3) is 7.89. The maximum atomic E-state index is 11.9.